The van der Waals surface area contributed by atoms with Gasteiger partial charge in [-0.05, 0) is 48.0 Å². The molecule has 3 nitrogen and oxygen atoms in total. The predicted molar refractivity (Wildman–Crippen MR) is 62.5 cm³/mol. The van der Waals surface area contributed by atoms with Gasteiger partial charge in [0.05, 0.1) is 17.7 Å². The predicted octanol–water partition coefficient (Wildman–Crippen LogP) is 2.61. The zero-order valence-electron chi connectivity index (χ0n) is 9.03. The topological polar surface area (TPSA) is 38.7 Å². The molecule has 0 amide bonds. The van der Waals surface area contributed by atoms with E-state index in [2.05, 4.69) is 15.9 Å². The molecule has 0 aliphatic heterocycles. The molecule has 2 atom stereocenters. The first-order valence-corrected chi connectivity index (χ1v) is 5.52. The molecule has 0 aliphatic rings. The summed E-state index contributed by atoms with van der Waals surface area (Å²) in [7, 11) is 1.61. The van der Waals surface area contributed by atoms with E-state index < -0.39 is 6.10 Å². The average molecular weight is 275 g/mol. The van der Waals surface area contributed by atoms with Crippen LogP contribution in [0.3, 0.4) is 0 Å². The van der Waals surface area contributed by atoms with E-state index in [9.17, 15) is 5.11 Å². The molecule has 0 fully saturated rings. The lowest BCUT2D eigenvalue weighted by Gasteiger charge is -2.18. The number of ether oxygens (including phenoxy) is 2. The maximum absolute atomic E-state index is 9.31. The van der Waals surface area contributed by atoms with E-state index in [0.29, 0.717) is 5.75 Å². The summed E-state index contributed by atoms with van der Waals surface area (Å²) in [5.41, 5.74) is 0. The van der Waals surface area contributed by atoms with Gasteiger partial charge in [-0.15, -0.1) is 0 Å². The molecule has 4 heteroatoms. The van der Waals surface area contributed by atoms with Crippen LogP contribution in [0.4, 0.5) is 0 Å². The monoisotopic (exact) mass is 274 g/mol. The second-order valence-electron chi connectivity index (χ2n) is 3.36. The van der Waals surface area contributed by atoms with Crippen LogP contribution in [0.15, 0.2) is 22.7 Å². The molecule has 2 unspecified atom stereocenters. The average Bonchev–Trinajstić information content (AvgIpc) is 2.20. The summed E-state index contributed by atoms with van der Waals surface area (Å²) >= 11 is 3.38. The van der Waals surface area contributed by atoms with Crippen molar-refractivity contribution in [2.75, 3.05) is 7.11 Å². The number of methoxy groups -OCH3 is 1. The number of benzene rings is 1. The number of hydrogen-bond donors (Lipinski definition) is 1. The van der Waals surface area contributed by atoms with Gasteiger partial charge in [0.1, 0.15) is 17.6 Å². The van der Waals surface area contributed by atoms with Gasteiger partial charge < -0.3 is 14.6 Å². The van der Waals surface area contributed by atoms with Crippen molar-refractivity contribution in [2.45, 2.75) is 26.1 Å². The first-order chi connectivity index (χ1) is 7.04. The van der Waals surface area contributed by atoms with Crippen molar-refractivity contribution in [3.8, 4) is 11.5 Å². The molecule has 0 radical (unpaired) electrons. The quantitative estimate of drug-likeness (QED) is 0.918. The van der Waals surface area contributed by atoms with Crippen LogP contribution >= 0.6 is 15.9 Å². The van der Waals surface area contributed by atoms with Crippen molar-refractivity contribution in [3.05, 3.63) is 22.7 Å². The summed E-state index contributed by atoms with van der Waals surface area (Å²) < 4.78 is 11.4. The molecule has 0 heterocycles. The second-order valence-corrected chi connectivity index (χ2v) is 4.21. The molecule has 1 aromatic carbocycles. The first-order valence-electron chi connectivity index (χ1n) is 4.73. The molecule has 1 aromatic rings. The van der Waals surface area contributed by atoms with Crippen molar-refractivity contribution in [2.24, 2.45) is 0 Å². The Labute approximate surface area is 98.1 Å². The van der Waals surface area contributed by atoms with Gasteiger partial charge in [-0.1, -0.05) is 0 Å². The van der Waals surface area contributed by atoms with E-state index in [1.807, 2.05) is 25.1 Å². The van der Waals surface area contributed by atoms with Crippen molar-refractivity contribution in [1.29, 1.82) is 0 Å². The van der Waals surface area contributed by atoms with Crippen LogP contribution in [0.25, 0.3) is 0 Å². The molecule has 0 spiro atoms. The second kappa shape index (κ2) is 5.37. The maximum atomic E-state index is 9.31. The van der Waals surface area contributed by atoms with Crippen LogP contribution < -0.4 is 9.47 Å². The third-order valence-electron chi connectivity index (χ3n) is 2.13. The molecular formula is C11H15BrO3. The summed E-state index contributed by atoms with van der Waals surface area (Å²) in [6.07, 6.45) is -0.742. The number of aliphatic hydroxyl groups is 1. The zero-order chi connectivity index (χ0) is 11.4. The highest BCUT2D eigenvalue weighted by Crippen LogP contribution is 2.30. The molecule has 0 saturated carbocycles. The van der Waals surface area contributed by atoms with E-state index in [-0.39, 0.29) is 6.10 Å². The van der Waals surface area contributed by atoms with E-state index in [4.69, 9.17) is 9.47 Å². The minimum Gasteiger partial charge on any atom is -0.497 e. The highest BCUT2D eigenvalue weighted by molar-refractivity contribution is 9.10. The van der Waals surface area contributed by atoms with Gasteiger partial charge in [-0.3, -0.25) is 0 Å². The molecular weight excluding hydrogens is 260 g/mol. The molecule has 84 valence electrons. The Hall–Kier alpha value is -0.740. The zero-order valence-corrected chi connectivity index (χ0v) is 10.6. The van der Waals surface area contributed by atoms with E-state index in [0.717, 1.165) is 10.2 Å². The van der Waals surface area contributed by atoms with Gasteiger partial charge in [-0.25, -0.2) is 0 Å². The molecule has 0 saturated heterocycles. The summed E-state index contributed by atoms with van der Waals surface area (Å²) in [4.78, 5) is 0. The Bertz CT molecular complexity index is 326. The molecule has 1 N–H and O–H groups in total. The van der Waals surface area contributed by atoms with E-state index in [1.165, 1.54) is 0 Å². The molecule has 0 aliphatic carbocycles. The molecule has 1 rings (SSSR count). The minimum atomic E-state index is -0.501. The van der Waals surface area contributed by atoms with Crippen molar-refractivity contribution in [3.63, 3.8) is 0 Å². The Kier molecular flexibility index (Phi) is 4.42. The Morgan fingerprint density at radius 3 is 2.47 bits per heavy atom. The van der Waals surface area contributed by atoms with Crippen molar-refractivity contribution < 1.29 is 14.6 Å². The van der Waals surface area contributed by atoms with Crippen LogP contribution in [0, 0.1) is 0 Å². The van der Waals surface area contributed by atoms with Gasteiger partial charge in [0.15, 0.2) is 0 Å². The SMILES string of the molecule is COc1ccc(OC(C)C(C)O)c(Br)c1. The lowest BCUT2D eigenvalue weighted by Crippen LogP contribution is -2.25. The minimum absolute atomic E-state index is 0.241. The van der Waals surface area contributed by atoms with Gasteiger partial charge in [0.2, 0.25) is 0 Å². The normalized spacial score (nSPS) is 14.5. The van der Waals surface area contributed by atoms with Crippen LogP contribution in [0.2, 0.25) is 0 Å². The number of halogens is 1. The van der Waals surface area contributed by atoms with Gasteiger partial charge in [0, 0.05) is 0 Å². The third-order valence-corrected chi connectivity index (χ3v) is 2.75. The summed E-state index contributed by atoms with van der Waals surface area (Å²) in [6.45, 7) is 3.52. The highest BCUT2D eigenvalue weighted by atomic mass is 79.9. The van der Waals surface area contributed by atoms with Gasteiger partial charge in [-0.2, -0.15) is 0 Å². The van der Waals surface area contributed by atoms with E-state index >= 15 is 0 Å². The first kappa shape index (κ1) is 12.3. The number of rotatable bonds is 4. The van der Waals surface area contributed by atoms with Crippen LogP contribution in [-0.2, 0) is 0 Å². The van der Waals surface area contributed by atoms with Gasteiger partial charge >= 0.3 is 0 Å². The largest absolute Gasteiger partial charge is 0.497 e. The summed E-state index contributed by atoms with van der Waals surface area (Å²) in [5, 5.41) is 9.31. The Morgan fingerprint density at radius 1 is 1.33 bits per heavy atom. The van der Waals surface area contributed by atoms with Crippen molar-refractivity contribution >= 4 is 15.9 Å². The molecule has 0 bridgehead atoms. The Morgan fingerprint density at radius 2 is 2.00 bits per heavy atom. The maximum Gasteiger partial charge on any atom is 0.134 e. The lowest BCUT2D eigenvalue weighted by molar-refractivity contribution is 0.0599. The molecule has 0 aromatic heterocycles. The van der Waals surface area contributed by atoms with Crippen LogP contribution in [-0.4, -0.2) is 24.4 Å². The fourth-order valence-corrected chi connectivity index (χ4v) is 1.45. The van der Waals surface area contributed by atoms with Crippen molar-refractivity contribution in [1.82, 2.24) is 0 Å². The smallest absolute Gasteiger partial charge is 0.134 e. The lowest BCUT2D eigenvalue weighted by atomic mass is 10.2. The number of aliphatic hydroxyl groups excluding tert-OH is 1. The standard InChI is InChI=1S/C11H15BrO3/c1-7(13)8(2)15-11-5-4-9(14-3)6-10(11)12/h4-8,13H,1-3H3. The summed E-state index contributed by atoms with van der Waals surface area (Å²) in [5.74, 6) is 1.46. The fourth-order valence-electron chi connectivity index (χ4n) is 1.00. The summed E-state index contributed by atoms with van der Waals surface area (Å²) in [6, 6.07) is 5.45. The molecule has 15 heavy (non-hydrogen) atoms. The fraction of sp³-hybridized carbons (Fsp3) is 0.455. The number of hydrogen-bond acceptors (Lipinski definition) is 3. The van der Waals surface area contributed by atoms with Crippen LogP contribution in [0.5, 0.6) is 11.5 Å². The van der Waals surface area contributed by atoms with Gasteiger partial charge in [0.25, 0.3) is 0 Å². The van der Waals surface area contributed by atoms with Crippen LogP contribution in [0.1, 0.15) is 13.8 Å². The highest BCUT2D eigenvalue weighted by Gasteiger charge is 2.12. The third kappa shape index (κ3) is 3.39. The van der Waals surface area contributed by atoms with E-state index in [1.54, 1.807) is 14.0 Å². The Balaban J connectivity index is 2.78.